The molecule has 43 heavy (non-hydrogen) atoms. The molecule has 1 amide bonds. The van der Waals surface area contributed by atoms with Crippen molar-refractivity contribution in [2.24, 2.45) is 0 Å². The highest BCUT2D eigenvalue weighted by Gasteiger charge is 2.30. The van der Waals surface area contributed by atoms with Crippen LogP contribution < -0.4 is 20.9 Å². The van der Waals surface area contributed by atoms with Crippen LogP contribution in [-0.2, 0) is 4.74 Å². The van der Waals surface area contributed by atoms with Gasteiger partial charge in [-0.25, -0.2) is 19.7 Å². The van der Waals surface area contributed by atoms with Crippen molar-refractivity contribution < 1.29 is 14.1 Å². The molecule has 4 heterocycles. The van der Waals surface area contributed by atoms with E-state index in [4.69, 9.17) is 9.26 Å². The molecule has 6 rings (SSSR count). The summed E-state index contributed by atoms with van der Waals surface area (Å²) in [6.07, 6.45) is 11.9. The van der Waals surface area contributed by atoms with Gasteiger partial charge in [-0.05, 0) is 61.1 Å². The van der Waals surface area contributed by atoms with E-state index in [-0.39, 0.29) is 6.04 Å². The van der Waals surface area contributed by atoms with Crippen LogP contribution >= 0.6 is 0 Å². The molecule has 12 heteroatoms. The van der Waals surface area contributed by atoms with E-state index in [2.05, 4.69) is 52.0 Å². The number of rotatable bonds is 8. The number of benzene rings is 1. The molecule has 0 radical (unpaired) electrons. The van der Waals surface area contributed by atoms with Gasteiger partial charge in [-0.3, -0.25) is 5.32 Å². The Hall–Kier alpha value is -4.58. The highest BCUT2D eigenvalue weighted by Crippen LogP contribution is 2.28. The molecular weight excluding hydrogens is 546 g/mol. The van der Waals surface area contributed by atoms with Crippen LogP contribution in [-0.4, -0.2) is 69.5 Å². The molecule has 3 aromatic heterocycles. The van der Waals surface area contributed by atoms with E-state index in [1.165, 1.54) is 20.0 Å². The van der Waals surface area contributed by atoms with E-state index in [1.54, 1.807) is 6.92 Å². The lowest BCUT2D eigenvalue weighted by Gasteiger charge is -2.40. The molecule has 1 saturated heterocycles. The van der Waals surface area contributed by atoms with E-state index in [0.29, 0.717) is 35.3 Å². The number of aryl methyl sites for hydroxylation is 1. The molecule has 1 saturated carbocycles. The SMILES string of the molecule is COC(=O)Nc1cccc(-c2ccnc(N[C@@H]3CCCCC3N[C@H]3CCCN(c4cnc(-c5noc(C)n5)nc4)C3)c2)c1. The molecule has 12 nitrogen and oxygen atoms in total. The van der Waals surface area contributed by atoms with Gasteiger partial charge in [0.1, 0.15) is 5.82 Å². The van der Waals surface area contributed by atoms with Gasteiger partial charge in [0, 0.05) is 50.0 Å². The molecule has 0 spiro atoms. The Morgan fingerprint density at radius 1 is 0.977 bits per heavy atom. The van der Waals surface area contributed by atoms with Gasteiger partial charge in [0.2, 0.25) is 17.5 Å². The lowest BCUT2D eigenvalue weighted by atomic mass is 9.89. The molecule has 1 unspecified atom stereocenters. The first-order valence-corrected chi connectivity index (χ1v) is 14.9. The molecule has 4 aromatic rings. The number of carbonyl (C=O) groups excluding carboxylic acids is 1. The Morgan fingerprint density at radius 3 is 2.58 bits per heavy atom. The Morgan fingerprint density at radius 2 is 1.79 bits per heavy atom. The standard InChI is InChI=1S/C31H37N9O3/c1-20-35-30(39-43-20)29-33-17-25(18-34-29)40-14-6-9-24(19-40)36-26-10-3-4-11-27(26)38-28-16-22(12-13-32-28)21-7-5-8-23(15-21)37-31(41)42-2/h5,7-8,12-13,15-18,24,26-27,36H,3-4,6,9-11,14,19H2,1-2H3,(H,32,38)(H,37,41)/t24-,26?,27+/m0/s1. The first-order chi connectivity index (χ1) is 21.0. The second kappa shape index (κ2) is 13.2. The highest BCUT2D eigenvalue weighted by molar-refractivity contribution is 5.86. The highest BCUT2D eigenvalue weighted by atomic mass is 16.5. The minimum absolute atomic E-state index is 0.278. The summed E-state index contributed by atoms with van der Waals surface area (Å²) < 4.78 is 9.78. The number of pyridine rings is 1. The number of amides is 1. The fourth-order valence-corrected chi connectivity index (χ4v) is 5.97. The average Bonchev–Trinajstić information content (AvgIpc) is 3.48. The Balaban J connectivity index is 1.09. The van der Waals surface area contributed by atoms with Gasteiger partial charge in [-0.2, -0.15) is 4.98 Å². The van der Waals surface area contributed by atoms with E-state index < -0.39 is 6.09 Å². The molecule has 3 N–H and O–H groups in total. The first kappa shape index (κ1) is 28.5. The normalized spacial score (nSPS) is 20.4. The van der Waals surface area contributed by atoms with E-state index >= 15 is 0 Å². The van der Waals surface area contributed by atoms with Gasteiger partial charge in [-0.15, -0.1) is 0 Å². The second-order valence-corrected chi connectivity index (χ2v) is 11.1. The summed E-state index contributed by atoms with van der Waals surface area (Å²) in [4.78, 5) is 31.8. The predicted molar refractivity (Wildman–Crippen MR) is 164 cm³/mol. The lowest BCUT2D eigenvalue weighted by molar-refractivity contribution is 0.187. The first-order valence-electron chi connectivity index (χ1n) is 14.9. The van der Waals surface area contributed by atoms with Crippen LogP contribution in [0.15, 0.2) is 59.5 Å². The van der Waals surface area contributed by atoms with Gasteiger partial charge in [0.25, 0.3) is 0 Å². The van der Waals surface area contributed by atoms with Gasteiger partial charge >= 0.3 is 6.09 Å². The van der Waals surface area contributed by atoms with E-state index in [1.807, 2.05) is 48.9 Å². The van der Waals surface area contributed by atoms with Gasteiger partial charge in [0.15, 0.2) is 0 Å². The van der Waals surface area contributed by atoms with E-state index in [9.17, 15) is 4.79 Å². The Bertz CT molecular complexity index is 1530. The van der Waals surface area contributed by atoms with Crippen molar-refractivity contribution in [3.63, 3.8) is 0 Å². The van der Waals surface area contributed by atoms with Crippen molar-refractivity contribution in [3.8, 4) is 22.8 Å². The van der Waals surface area contributed by atoms with Crippen LogP contribution in [0.4, 0.5) is 22.0 Å². The summed E-state index contributed by atoms with van der Waals surface area (Å²) in [5, 5.41) is 14.4. The van der Waals surface area contributed by atoms with Crippen molar-refractivity contribution in [3.05, 3.63) is 60.9 Å². The lowest BCUT2D eigenvalue weighted by Crippen LogP contribution is -2.55. The largest absolute Gasteiger partial charge is 0.453 e. The molecule has 1 aliphatic heterocycles. The molecule has 1 aliphatic carbocycles. The number of nitrogens with zero attached hydrogens (tertiary/aromatic N) is 6. The zero-order valence-corrected chi connectivity index (χ0v) is 24.5. The number of methoxy groups -OCH3 is 1. The average molecular weight is 584 g/mol. The summed E-state index contributed by atoms with van der Waals surface area (Å²) in [6, 6.07) is 12.7. The fraction of sp³-hybridized carbons (Fsp3) is 0.419. The zero-order chi connectivity index (χ0) is 29.6. The minimum Gasteiger partial charge on any atom is -0.453 e. The molecule has 0 bridgehead atoms. The monoisotopic (exact) mass is 583 g/mol. The summed E-state index contributed by atoms with van der Waals surface area (Å²) in [7, 11) is 1.35. The maximum Gasteiger partial charge on any atom is 0.411 e. The third-order valence-corrected chi connectivity index (χ3v) is 8.09. The molecule has 2 aliphatic rings. The molecule has 3 atom stereocenters. The number of anilines is 3. The Labute approximate surface area is 250 Å². The van der Waals surface area contributed by atoms with Crippen molar-refractivity contribution in [1.29, 1.82) is 0 Å². The summed E-state index contributed by atoms with van der Waals surface area (Å²) in [6.45, 7) is 3.62. The zero-order valence-electron chi connectivity index (χ0n) is 24.5. The van der Waals surface area contributed by atoms with E-state index in [0.717, 1.165) is 61.4 Å². The van der Waals surface area contributed by atoms with Crippen LogP contribution in [0.3, 0.4) is 0 Å². The molecule has 1 aromatic carbocycles. The quantitative estimate of drug-likeness (QED) is 0.256. The maximum atomic E-state index is 11.7. The van der Waals surface area contributed by atoms with Crippen molar-refractivity contribution in [2.45, 2.75) is 63.6 Å². The Kier molecular flexibility index (Phi) is 8.73. The van der Waals surface area contributed by atoms with Crippen LogP contribution in [0.5, 0.6) is 0 Å². The third kappa shape index (κ3) is 7.08. The van der Waals surface area contributed by atoms with Gasteiger partial charge in [-0.1, -0.05) is 30.1 Å². The molecular formula is C31H37N9O3. The predicted octanol–water partition coefficient (Wildman–Crippen LogP) is 5.06. The van der Waals surface area contributed by atoms with Crippen LogP contribution in [0, 0.1) is 6.92 Å². The number of carbonyl (C=O) groups is 1. The number of hydrogen-bond donors (Lipinski definition) is 3. The smallest absolute Gasteiger partial charge is 0.411 e. The second-order valence-electron chi connectivity index (χ2n) is 11.1. The topological polar surface area (TPSA) is 143 Å². The third-order valence-electron chi connectivity index (χ3n) is 8.09. The van der Waals surface area contributed by atoms with Crippen molar-refractivity contribution in [1.82, 2.24) is 30.4 Å². The minimum atomic E-state index is -0.493. The fourth-order valence-electron chi connectivity index (χ4n) is 5.97. The van der Waals surface area contributed by atoms with Crippen molar-refractivity contribution in [2.75, 3.05) is 35.7 Å². The number of nitrogens with one attached hydrogen (secondary N) is 3. The molecule has 224 valence electrons. The number of hydrogen-bond acceptors (Lipinski definition) is 11. The number of piperidine rings is 1. The van der Waals surface area contributed by atoms with Gasteiger partial charge < -0.3 is 24.8 Å². The summed E-state index contributed by atoms with van der Waals surface area (Å²) in [5.41, 5.74) is 3.69. The number of aromatic nitrogens is 5. The van der Waals surface area contributed by atoms with Crippen LogP contribution in [0.1, 0.15) is 44.4 Å². The summed E-state index contributed by atoms with van der Waals surface area (Å²) in [5.74, 6) is 2.21. The van der Waals surface area contributed by atoms with Crippen molar-refractivity contribution >= 4 is 23.3 Å². The summed E-state index contributed by atoms with van der Waals surface area (Å²) >= 11 is 0. The van der Waals surface area contributed by atoms with Crippen LogP contribution in [0.25, 0.3) is 22.8 Å². The molecule has 2 fully saturated rings. The number of ether oxygens (including phenoxy) is 1. The van der Waals surface area contributed by atoms with Crippen LogP contribution in [0.2, 0.25) is 0 Å². The maximum absolute atomic E-state index is 11.7. The van der Waals surface area contributed by atoms with Gasteiger partial charge in [0.05, 0.1) is 25.2 Å².